The fourth-order valence-corrected chi connectivity index (χ4v) is 2.53. The molecular weight excluding hydrogens is 333 g/mol. The summed E-state index contributed by atoms with van der Waals surface area (Å²) in [5.74, 6) is -0.850. The molecule has 4 nitrogen and oxygen atoms in total. The third kappa shape index (κ3) is 3.60. The minimum Gasteiger partial charge on any atom is -0.294 e. The molecule has 128 valence electrons. The topological polar surface area (TPSA) is 62.8 Å². The number of alkyl halides is 3. The molecule has 0 fully saturated rings. The van der Waals surface area contributed by atoms with Crippen LogP contribution in [0.15, 0.2) is 48.5 Å². The van der Waals surface area contributed by atoms with E-state index in [4.69, 9.17) is 0 Å². The van der Waals surface area contributed by atoms with Gasteiger partial charge in [0, 0.05) is 23.8 Å². The largest absolute Gasteiger partial charge is 0.416 e. The number of hydrogen-bond donors (Lipinski definition) is 1. The van der Waals surface area contributed by atoms with Crippen LogP contribution in [-0.2, 0) is 6.18 Å². The SMILES string of the molecule is O=C(CCC(=O)c1n[nH]c2ccccc12)c1cccc(C(F)(F)F)c1. The van der Waals surface area contributed by atoms with Crippen LogP contribution in [0.4, 0.5) is 13.2 Å². The lowest BCUT2D eigenvalue weighted by Crippen LogP contribution is -2.09. The molecule has 3 aromatic rings. The fourth-order valence-electron chi connectivity index (χ4n) is 2.53. The number of H-pyrrole nitrogens is 1. The van der Waals surface area contributed by atoms with Gasteiger partial charge in [-0.3, -0.25) is 14.7 Å². The molecule has 0 saturated heterocycles. The highest BCUT2D eigenvalue weighted by molar-refractivity contribution is 6.07. The van der Waals surface area contributed by atoms with Gasteiger partial charge < -0.3 is 0 Å². The summed E-state index contributed by atoms with van der Waals surface area (Å²) in [6.45, 7) is 0. The van der Waals surface area contributed by atoms with Crippen molar-refractivity contribution < 1.29 is 22.8 Å². The number of Topliss-reactive ketones (excluding diaryl/α,β-unsaturated/α-hetero) is 2. The second-order valence-corrected chi connectivity index (χ2v) is 5.54. The van der Waals surface area contributed by atoms with Gasteiger partial charge in [-0.1, -0.05) is 30.3 Å². The molecule has 0 aliphatic heterocycles. The number of para-hydroxylation sites is 1. The molecule has 25 heavy (non-hydrogen) atoms. The number of ketones is 2. The molecule has 0 aliphatic carbocycles. The van der Waals surface area contributed by atoms with Gasteiger partial charge in [0.1, 0.15) is 5.69 Å². The zero-order valence-electron chi connectivity index (χ0n) is 12.9. The summed E-state index contributed by atoms with van der Waals surface area (Å²) >= 11 is 0. The molecule has 0 saturated carbocycles. The highest BCUT2D eigenvalue weighted by atomic mass is 19.4. The third-order valence-corrected chi connectivity index (χ3v) is 3.83. The Morgan fingerprint density at radius 3 is 2.44 bits per heavy atom. The zero-order valence-corrected chi connectivity index (χ0v) is 12.9. The molecule has 0 amide bonds. The van der Waals surface area contributed by atoms with Gasteiger partial charge in [-0.2, -0.15) is 18.3 Å². The summed E-state index contributed by atoms with van der Waals surface area (Å²) in [7, 11) is 0. The number of aromatic nitrogens is 2. The van der Waals surface area contributed by atoms with E-state index >= 15 is 0 Å². The summed E-state index contributed by atoms with van der Waals surface area (Å²) in [4.78, 5) is 24.4. The molecule has 1 N–H and O–H groups in total. The summed E-state index contributed by atoms with van der Waals surface area (Å²) in [6, 6.07) is 11.3. The van der Waals surface area contributed by atoms with Gasteiger partial charge in [0.2, 0.25) is 0 Å². The maximum Gasteiger partial charge on any atom is 0.416 e. The second kappa shape index (κ2) is 6.51. The van der Waals surface area contributed by atoms with Gasteiger partial charge in [0.25, 0.3) is 0 Å². The van der Waals surface area contributed by atoms with Crippen LogP contribution in [0.5, 0.6) is 0 Å². The number of aromatic amines is 1. The van der Waals surface area contributed by atoms with Crippen molar-refractivity contribution in [3.8, 4) is 0 Å². The minimum atomic E-state index is -4.51. The first-order valence-electron chi connectivity index (χ1n) is 7.53. The number of nitrogens with zero attached hydrogens (tertiary/aromatic N) is 1. The Hall–Kier alpha value is -2.96. The zero-order chi connectivity index (χ0) is 18.0. The lowest BCUT2D eigenvalue weighted by Gasteiger charge is -2.08. The van der Waals surface area contributed by atoms with Crippen molar-refractivity contribution in [1.29, 1.82) is 0 Å². The molecule has 0 spiro atoms. The van der Waals surface area contributed by atoms with E-state index in [2.05, 4.69) is 10.2 Å². The number of fused-ring (bicyclic) bond motifs is 1. The van der Waals surface area contributed by atoms with Crippen molar-refractivity contribution in [2.75, 3.05) is 0 Å². The molecule has 1 heterocycles. The van der Waals surface area contributed by atoms with Gasteiger partial charge in [0.05, 0.1) is 11.1 Å². The molecule has 1 aromatic heterocycles. The van der Waals surface area contributed by atoms with E-state index in [9.17, 15) is 22.8 Å². The molecule has 2 aromatic carbocycles. The predicted molar refractivity (Wildman–Crippen MR) is 85.4 cm³/mol. The Bertz CT molecular complexity index is 945. The lowest BCUT2D eigenvalue weighted by molar-refractivity contribution is -0.137. The molecule has 7 heteroatoms. The van der Waals surface area contributed by atoms with E-state index in [0.29, 0.717) is 10.9 Å². The van der Waals surface area contributed by atoms with E-state index in [1.54, 1.807) is 24.3 Å². The second-order valence-electron chi connectivity index (χ2n) is 5.54. The van der Waals surface area contributed by atoms with Crippen LogP contribution in [0.3, 0.4) is 0 Å². The fraction of sp³-hybridized carbons (Fsp3) is 0.167. The van der Waals surface area contributed by atoms with Gasteiger partial charge in [0.15, 0.2) is 11.6 Å². The predicted octanol–water partition coefficient (Wildman–Crippen LogP) is 4.43. The molecule has 0 bridgehead atoms. The number of carbonyl (C=O) groups excluding carboxylic acids is 2. The summed E-state index contributed by atoms with van der Waals surface area (Å²) in [6.07, 6.45) is -4.81. The van der Waals surface area contributed by atoms with E-state index in [0.717, 1.165) is 12.1 Å². The third-order valence-electron chi connectivity index (χ3n) is 3.83. The Morgan fingerprint density at radius 2 is 1.68 bits per heavy atom. The number of hydrogen-bond acceptors (Lipinski definition) is 3. The maximum absolute atomic E-state index is 12.7. The number of halogens is 3. The first-order valence-corrected chi connectivity index (χ1v) is 7.53. The number of nitrogens with one attached hydrogen (secondary N) is 1. The van der Waals surface area contributed by atoms with Crippen molar-refractivity contribution in [1.82, 2.24) is 10.2 Å². The first kappa shape index (κ1) is 16.9. The Labute approximate surface area is 140 Å². The van der Waals surface area contributed by atoms with E-state index in [1.807, 2.05) is 0 Å². The van der Waals surface area contributed by atoms with E-state index in [-0.39, 0.29) is 29.9 Å². The quantitative estimate of drug-likeness (QED) is 0.695. The lowest BCUT2D eigenvalue weighted by atomic mass is 10.0. The molecule has 0 unspecified atom stereocenters. The average molecular weight is 346 g/mol. The summed E-state index contributed by atoms with van der Waals surface area (Å²) in [5, 5.41) is 7.34. The maximum atomic E-state index is 12.7. The van der Waals surface area contributed by atoms with Crippen molar-refractivity contribution in [2.45, 2.75) is 19.0 Å². The van der Waals surface area contributed by atoms with E-state index < -0.39 is 17.5 Å². The van der Waals surface area contributed by atoms with Crippen molar-refractivity contribution in [2.24, 2.45) is 0 Å². The van der Waals surface area contributed by atoms with Crippen LogP contribution in [0.1, 0.15) is 39.3 Å². The minimum absolute atomic E-state index is 0.0606. The van der Waals surface area contributed by atoms with Crippen LogP contribution < -0.4 is 0 Å². The summed E-state index contributed by atoms with van der Waals surface area (Å²) in [5.41, 5.74) is -0.0139. The molecule has 0 aliphatic rings. The molecular formula is C18H13F3N2O2. The van der Waals surface area contributed by atoms with Crippen LogP contribution in [0, 0.1) is 0 Å². The highest BCUT2D eigenvalue weighted by Gasteiger charge is 2.30. The van der Waals surface area contributed by atoms with Crippen LogP contribution in [0.2, 0.25) is 0 Å². The average Bonchev–Trinajstić information content (AvgIpc) is 3.03. The first-order chi connectivity index (χ1) is 11.9. The smallest absolute Gasteiger partial charge is 0.294 e. The van der Waals surface area contributed by atoms with Crippen molar-refractivity contribution in [3.05, 3.63) is 65.4 Å². The highest BCUT2D eigenvalue weighted by Crippen LogP contribution is 2.29. The monoisotopic (exact) mass is 346 g/mol. The standard InChI is InChI=1S/C18H13F3N2O2/c19-18(20,21)12-5-3-4-11(10-12)15(24)8-9-16(25)17-13-6-1-2-7-14(13)22-23-17/h1-7,10H,8-9H2,(H,22,23). The van der Waals surface area contributed by atoms with Crippen LogP contribution in [-0.4, -0.2) is 21.8 Å². The van der Waals surface area contributed by atoms with Gasteiger partial charge in [-0.05, 0) is 18.2 Å². The number of carbonyl (C=O) groups is 2. The van der Waals surface area contributed by atoms with E-state index in [1.165, 1.54) is 12.1 Å². The number of benzene rings is 2. The van der Waals surface area contributed by atoms with Crippen LogP contribution in [0.25, 0.3) is 10.9 Å². The Kier molecular flexibility index (Phi) is 4.39. The van der Waals surface area contributed by atoms with Crippen LogP contribution >= 0.6 is 0 Å². The normalized spacial score (nSPS) is 11.6. The Morgan fingerprint density at radius 1 is 0.960 bits per heavy atom. The van der Waals surface area contributed by atoms with Gasteiger partial charge in [-0.15, -0.1) is 0 Å². The molecule has 3 rings (SSSR count). The van der Waals surface area contributed by atoms with Gasteiger partial charge >= 0.3 is 6.18 Å². The molecule has 0 radical (unpaired) electrons. The number of rotatable bonds is 5. The van der Waals surface area contributed by atoms with Gasteiger partial charge in [-0.25, -0.2) is 0 Å². The van der Waals surface area contributed by atoms with Crippen molar-refractivity contribution in [3.63, 3.8) is 0 Å². The molecule has 0 atom stereocenters. The Balaban J connectivity index is 1.71. The summed E-state index contributed by atoms with van der Waals surface area (Å²) < 4.78 is 38.1. The van der Waals surface area contributed by atoms with Crippen molar-refractivity contribution >= 4 is 22.5 Å².